The summed E-state index contributed by atoms with van der Waals surface area (Å²) in [6.07, 6.45) is 0. The van der Waals surface area contributed by atoms with Crippen molar-refractivity contribution in [2.45, 2.75) is 6.92 Å². The molecule has 0 saturated carbocycles. The molecular weight excluding hydrogens is 366 g/mol. The first kappa shape index (κ1) is 16.6. The number of anilines is 2. The van der Waals surface area contributed by atoms with Gasteiger partial charge in [-0.15, -0.1) is 22.7 Å². The van der Waals surface area contributed by atoms with Gasteiger partial charge in [0.2, 0.25) is 5.91 Å². The first-order valence-electron chi connectivity index (χ1n) is 6.91. The summed E-state index contributed by atoms with van der Waals surface area (Å²) in [5.74, 6) is -0.344. The van der Waals surface area contributed by atoms with Crippen molar-refractivity contribution in [3.05, 3.63) is 51.0 Å². The number of benzene rings is 1. The summed E-state index contributed by atoms with van der Waals surface area (Å²) in [5, 5.41) is 7.86. The largest absolute Gasteiger partial charge is 0.326 e. The van der Waals surface area contributed by atoms with Crippen LogP contribution in [0.3, 0.4) is 0 Å². The lowest BCUT2D eigenvalue weighted by Crippen LogP contribution is -2.09. The average molecular weight is 378 g/mol. The molecule has 5 nitrogen and oxygen atoms in total. The van der Waals surface area contributed by atoms with E-state index in [0.717, 1.165) is 16.9 Å². The van der Waals surface area contributed by atoms with Crippen LogP contribution in [0.4, 0.5) is 10.8 Å². The third-order valence-electron chi connectivity index (χ3n) is 3.02. The van der Waals surface area contributed by atoms with E-state index in [-0.39, 0.29) is 11.8 Å². The molecule has 0 atom stereocenters. The Morgan fingerprint density at radius 1 is 1.08 bits per heavy atom. The molecule has 2 heterocycles. The van der Waals surface area contributed by atoms with Crippen LogP contribution >= 0.6 is 34.3 Å². The Kier molecular flexibility index (Phi) is 4.94. The fraction of sp³-hybridized carbons (Fsp3) is 0.0625. The fourth-order valence-corrected chi connectivity index (χ4v) is 3.64. The van der Waals surface area contributed by atoms with E-state index in [2.05, 4.69) is 15.6 Å². The second kappa shape index (κ2) is 7.12. The van der Waals surface area contributed by atoms with Crippen molar-refractivity contribution in [1.82, 2.24) is 4.98 Å². The smallest absolute Gasteiger partial charge is 0.267 e. The van der Waals surface area contributed by atoms with Gasteiger partial charge in [0.05, 0.1) is 14.9 Å². The number of nitrogens with one attached hydrogen (secondary N) is 2. The van der Waals surface area contributed by atoms with Crippen molar-refractivity contribution in [3.8, 4) is 11.3 Å². The van der Waals surface area contributed by atoms with Crippen LogP contribution in [-0.2, 0) is 4.79 Å². The van der Waals surface area contributed by atoms with E-state index in [9.17, 15) is 9.59 Å². The monoisotopic (exact) mass is 377 g/mol. The van der Waals surface area contributed by atoms with Crippen LogP contribution in [0.1, 0.15) is 16.6 Å². The van der Waals surface area contributed by atoms with Gasteiger partial charge < -0.3 is 5.32 Å². The predicted octanol–water partition coefficient (Wildman–Crippen LogP) is 4.74. The van der Waals surface area contributed by atoms with Gasteiger partial charge in [0, 0.05) is 23.6 Å². The minimum absolute atomic E-state index is 0.116. The minimum Gasteiger partial charge on any atom is -0.326 e. The van der Waals surface area contributed by atoms with Gasteiger partial charge in [-0.2, -0.15) is 0 Å². The number of thiophene rings is 1. The lowest BCUT2D eigenvalue weighted by Gasteiger charge is -2.02. The van der Waals surface area contributed by atoms with Crippen LogP contribution in [0.25, 0.3) is 11.3 Å². The van der Waals surface area contributed by atoms with Crippen molar-refractivity contribution >= 4 is 56.9 Å². The molecule has 0 fully saturated rings. The van der Waals surface area contributed by atoms with Gasteiger partial charge in [-0.3, -0.25) is 14.9 Å². The number of halogens is 1. The van der Waals surface area contributed by atoms with E-state index < -0.39 is 0 Å². The first-order chi connectivity index (χ1) is 11.5. The third kappa shape index (κ3) is 4.00. The van der Waals surface area contributed by atoms with Gasteiger partial charge >= 0.3 is 0 Å². The van der Waals surface area contributed by atoms with Gasteiger partial charge in [0.15, 0.2) is 5.13 Å². The van der Waals surface area contributed by atoms with Gasteiger partial charge in [0.1, 0.15) is 0 Å². The summed E-state index contributed by atoms with van der Waals surface area (Å²) in [7, 11) is 0. The zero-order chi connectivity index (χ0) is 17.1. The lowest BCUT2D eigenvalue weighted by atomic mass is 10.1. The number of thiazole rings is 1. The van der Waals surface area contributed by atoms with E-state index in [0.29, 0.717) is 14.3 Å². The topological polar surface area (TPSA) is 71.1 Å². The van der Waals surface area contributed by atoms with Crippen LogP contribution in [0, 0.1) is 0 Å². The molecular formula is C16H12ClN3O2S2. The summed E-state index contributed by atoms with van der Waals surface area (Å²) < 4.78 is 0.569. The Labute approximate surface area is 151 Å². The molecule has 0 spiro atoms. The SMILES string of the molecule is CC(=O)Nc1ccc(-c2csc(NC(=O)c3ccc(Cl)s3)n2)cc1. The van der Waals surface area contributed by atoms with Crippen LogP contribution in [0.15, 0.2) is 41.8 Å². The number of amides is 2. The van der Waals surface area contributed by atoms with E-state index in [1.165, 1.54) is 29.6 Å². The summed E-state index contributed by atoms with van der Waals surface area (Å²) in [5.41, 5.74) is 2.39. The molecule has 2 N–H and O–H groups in total. The van der Waals surface area contributed by atoms with Crippen LogP contribution in [-0.4, -0.2) is 16.8 Å². The van der Waals surface area contributed by atoms with Gasteiger partial charge in [-0.25, -0.2) is 4.98 Å². The lowest BCUT2D eigenvalue weighted by molar-refractivity contribution is -0.114. The summed E-state index contributed by atoms with van der Waals surface area (Å²) >= 11 is 8.40. The van der Waals surface area contributed by atoms with Crippen molar-refractivity contribution < 1.29 is 9.59 Å². The molecule has 0 saturated heterocycles. The average Bonchev–Trinajstić information content (AvgIpc) is 3.17. The van der Waals surface area contributed by atoms with Crippen LogP contribution in [0.2, 0.25) is 4.34 Å². The highest BCUT2D eigenvalue weighted by Gasteiger charge is 2.12. The molecule has 2 aromatic heterocycles. The Morgan fingerprint density at radius 3 is 2.46 bits per heavy atom. The number of carbonyl (C=O) groups is 2. The van der Waals surface area contributed by atoms with Crippen molar-refractivity contribution in [3.63, 3.8) is 0 Å². The highest BCUT2D eigenvalue weighted by molar-refractivity contribution is 7.18. The Balaban J connectivity index is 1.71. The number of nitrogens with zero attached hydrogens (tertiary/aromatic N) is 1. The molecule has 0 aliphatic heterocycles. The molecule has 2 amide bonds. The van der Waals surface area contributed by atoms with Crippen molar-refractivity contribution in [1.29, 1.82) is 0 Å². The highest BCUT2D eigenvalue weighted by Crippen LogP contribution is 2.27. The Bertz CT molecular complexity index is 887. The van der Waals surface area contributed by atoms with Gasteiger partial charge in [-0.1, -0.05) is 23.7 Å². The van der Waals surface area contributed by atoms with E-state index in [1.54, 1.807) is 12.1 Å². The maximum Gasteiger partial charge on any atom is 0.267 e. The molecule has 122 valence electrons. The second-order valence-electron chi connectivity index (χ2n) is 4.85. The third-order valence-corrected chi connectivity index (χ3v) is 5.01. The summed E-state index contributed by atoms with van der Waals surface area (Å²) in [6, 6.07) is 10.7. The number of rotatable bonds is 4. The molecule has 3 rings (SSSR count). The van der Waals surface area contributed by atoms with E-state index in [4.69, 9.17) is 11.6 Å². The van der Waals surface area contributed by atoms with Crippen LogP contribution in [0.5, 0.6) is 0 Å². The maximum atomic E-state index is 12.1. The molecule has 3 aromatic rings. The maximum absolute atomic E-state index is 12.1. The predicted molar refractivity (Wildman–Crippen MR) is 99.1 cm³/mol. The Hall–Kier alpha value is -2.22. The minimum atomic E-state index is -0.228. The second-order valence-corrected chi connectivity index (χ2v) is 7.43. The highest BCUT2D eigenvalue weighted by atomic mass is 35.5. The summed E-state index contributed by atoms with van der Waals surface area (Å²) in [6.45, 7) is 1.46. The van der Waals surface area contributed by atoms with Crippen molar-refractivity contribution in [2.24, 2.45) is 0 Å². The normalized spacial score (nSPS) is 10.4. The molecule has 8 heteroatoms. The quantitative estimate of drug-likeness (QED) is 0.690. The molecule has 0 unspecified atom stereocenters. The molecule has 1 aromatic carbocycles. The zero-order valence-electron chi connectivity index (χ0n) is 12.5. The Morgan fingerprint density at radius 2 is 1.83 bits per heavy atom. The van der Waals surface area contributed by atoms with Crippen LogP contribution < -0.4 is 10.6 Å². The first-order valence-corrected chi connectivity index (χ1v) is 8.99. The molecule has 0 aliphatic carbocycles. The fourth-order valence-electron chi connectivity index (χ4n) is 1.99. The van der Waals surface area contributed by atoms with E-state index in [1.807, 2.05) is 29.6 Å². The number of hydrogen-bond donors (Lipinski definition) is 2. The molecule has 0 aliphatic rings. The number of hydrogen-bond acceptors (Lipinski definition) is 5. The number of aromatic nitrogens is 1. The van der Waals surface area contributed by atoms with Crippen molar-refractivity contribution in [2.75, 3.05) is 10.6 Å². The number of carbonyl (C=O) groups excluding carboxylic acids is 2. The molecule has 0 bridgehead atoms. The standard InChI is InChI=1S/C16H12ClN3O2S2/c1-9(21)18-11-4-2-10(3-5-11)12-8-23-16(19-12)20-15(22)13-6-7-14(17)24-13/h2-8H,1H3,(H,18,21)(H,19,20,22). The molecule has 24 heavy (non-hydrogen) atoms. The van der Waals surface area contributed by atoms with Gasteiger partial charge in [-0.05, 0) is 24.3 Å². The van der Waals surface area contributed by atoms with Gasteiger partial charge in [0.25, 0.3) is 5.91 Å². The molecule has 0 radical (unpaired) electrons. The summed E-state index contributed by atoms with van der Waals surface area (Å²) in [4.78, 5) is 28.1. The van der Waals surface area contributed by atoms with E-state index >= 15 is 0 Å². The zero-order valence-corrected chi connectivity index (χ0v) is 14.9.